The normalized spacial score (nSPS) is 19.6. The minimum absolute atomic E-state index is 0.174. The number of hydrogen-bond acceptors (Lipinski definition) is 8. The predicted molar refractivity (Wildman–Crippen MR) is 168 cm³/mol. The molecular weight excluding hydrogens is 593 g/mol. The van der Waals surface area contributed by atoms with Gasteiger partial charge in [-0.2, -0.15) is 0 Å². The van der Waals surface area contributed by atoms with Gasteiger partial charge in [-0.3, -0.25) is 0 Å². The van der Waals surface area contributed by atoms with Gasteiger partial charge >= 0.3 is 25.7 Å². The molecule has 0 saturated heterocycles. The number of aliphatic hydroxyl groups excluding tert-OH is 1. The van der Waals surface area contributed by atoms with Crippen molar-refractivity contribution in [2.24, 2.45) is 0 Å². The van der Waals surface area contributed by atoms with Crippen molar-refractivity contribution in [3.8, 4) is 0 Å². The Morgan fingerprint density at radius 1 is 0.889 bits per heavy atom. The second kappa shape index (κ2) is 14.7. The third-order valence-corrected chi connectivity index (χ3v) is 32.7. The highest BCUT2D eigenvalue weighted by Crippen LogP contribution is 2.33. The third kappa shape index (κ3) is 16.4. The summed E-state index contributed by atoms with van der Waals surface area (Å²) in [6.07, 6.45) is 2.27. The molecule has 0 aliphatic rings. The second-order valence-corrected chi connectivity index (χ2v) is 40.2. The highest BCUT2D eigenvalue weighted by atomic mass is 28.5. The van der Waals surface area contributed by atoms with Crippen LogP contribution in [0.5, 0.6) is 0 Å². The Morgan fingerprint density at radius 2 is 1.47 bits per heavy atom. The van der Waals surface area contributed by atoms with E-state index < -0.39 is 69.8 Å². The first-order valence-corrected chi connectivity index (χ1v) is 32.6. The Morgan fingerprint density at radius 3 is 1.92 bits per heavy atom. The third-order valence-electron chi connectivity index (χ3n) is 4.82. The van der Waals surface area contributed by atoms with E-state index in [4.69, 9.17) is 30.4 Å². The van der Waals surface area contributed by atoms with Gasteiger partial charge in [0.2, 0.25) is 0 Å². The average molecular weight is 645 g/mol. The maximum Gasteiger partial charge on any atom is 0.356 e. The van der Waals surface area contributed by atoms with Crippen LogP contribution in [0.15, 0.2) is 24.8 Å². The van der Waals surface area contributed by atoms with Gasteiger partial charge in [-0.05, 0) is 83.6 Å². The van der Waals surface area contributed by atoms with Crippen molar-refractivity contribution < 1.29 is 34.9 Å². The molecule has 212 valence electrons. The number of aliphatic hydroxyl groups is 1. The zero-order valence-electron chi connectivity index (χ0n) is 24.7. The molecule has 4 unspecified atom stereocenters. The van der Waals surface area contributed by atoms with Crippen LogP contribution in [0, 0.1) is 0 Å². The van der Waals surface area contributed by atoms with Crippen molar-refractivity contribution in [3.63, 3.8) is 0 Å². The van der Waals surface area contributed by atoms with Crippen LogP contribution < -0.4 is 0 Å². The predicted octanol–water partition coefficient (Wildman–Crippen LogP) is 5.10. The SMILES string of the molecule is C=C[Si](C)(O[Si](C)(C)C)O[Si](C)(CO/C=C/O)O[Si](C)(CC(C)[SiH2]O[Si](C)(C)C)O[Si](C)(C)C[SiH]=O. The summed E-state index contributed by atoms with van der Waals surface area (Å²) in [5.41, 5.74) is 2.77. The minimum atomic E-state index is -3.05. The van der Waals surface area contributed by atoms with Crippen molar-refractivity contribution in [2.75, 3.05) is 6.23 Å². The van der Waals surface area contributed by atoms with Crippen molar-refractivity contribution >= 4 is 69.8 Å². The van der Waals surface area contributed by atoms with E-state index in [1.807, 2.05) is 13.1 Å². The van der Waals surface area contributed by atoms with E-state index in [2.05, 4.69) is 72.4 Å². The van der Waals surface area contributed by atoms with E-state index >= 15 is 0 Å². The summed E-state index contributed by atoms with van der Waals surface area (Å²) in [4.78, 5) is 0. The van der Waals surface area contributed by atoms with E-state index in [1.54, 1.807) is 5.70 Å². The maximum absolute atomic E-state index is 11.6. The van der Waals surface area contributed by atoms with Crippen LogP contribution >= 0.6 is 0 Å². The molecular formula is C20H52O8Si8. The van der Waals surface area contributed by atoms with Gasteiger partial charge in [0, 0.05) is 5.67 Å². The monoisotopic (exact) mass is 644 g/mol. The molecule has 0 amide bonds. The van der Waals surface area contributed by atoms with Crippen LogP contribution in [0.2, 0.25) is 89.3 Å². The van der Waals surface area contributed by atoms with Gasteiger partial charge in [0.15, 0.2) is 25.0 Å². The summed E-state index contributed by atoms with van der Waals surface area (Å²) < 4.78 is 50.7. The zero-order chi connectivity index (χ0) is 28.5. The van der Waals surface area contributed by atoms with E-state index in [-0.39, 0.29) is 6.23 Å². The van der Waals surface area contributed by atoms with Crippen LogP contribution in [-0.2, 0) is 29.8 Å². The number of rotatable bonds is 19. The fourth-order valence-electron chi connectivity index (χ4n) is 3.93. The molecule has 0 heterocycles. The fraction of sp³-hybridized carbons (Fsp3) is 0.800. The smallest absolute Gasteiger partial charge is 0.356 e. The lowest BCUT2D eigenvalue weighted by molar-refractivity contribution is 0.218. The van der Waals surface area contributed by atoms with Crippen LogP contribution in [0.1, 0.15) is 6.92 Å². The topological polar surface area (TPSA) is 92.7 Å². The molecule has 0 saturated carbocycles. The largest absolute Gasteiger partial charge is 0.512 e. The molecule has 0 aliphatic heterocycles. The van der Waals surface area contributed by atoms with Crippen LogP contribution in [-0.4, -0.2) is 81.1 Å². The zero-order valence-corrected chi connectivity index (χ0v) is 33.3. The highest BCUT2D eigenvalue weighted by Gasteiger charge is 2.51. The first-order valence-electron chi connectivity index (χ1n) is 12.5. The Labute approximate surface area is 231 Å². The lowest BCUT2D eigenvalue weighted by atomic mass is 10.6. The van der Waals surface area contributed by atoms with E-state index in [9.17, 15) is 4.46 Å². The van der Waals surface area contributed by atoms with Crippen LogP contribution in [0.4, 0.5) is 0 Å². The van der Waals surface area contributed by atoms with Gasteiger partial charge in [0.1, 0.15) is 28.5 Å². The van der Waals surface area contributed by atoms with Crippen molar-refractivity contribution in [1.82, 2.24) is 0 Å². The highest BCUT2D eigenvalue weighted by molar-refractivity contribution is 6.93. The van der Waals surface area contributed by atoms with Gasteiger partial charge < -0.3 is 34.9 Å². The van der Waals surface area contributed by atoms with E-state index in [0.717, 1.165) is 12.3 Å². The molecule has 0 fully saturated rings. The molecule has 0 aromatic heterocycles. The number of hydrogen-bond donors (Lipinski definition) is 1. The summed E-state index contributed by atoms with van der Waals surface area (Å²) in [6.45, 7) is 29.6. The van der Waals surface area contributed by atoms with E-state index in [0.29, 0.717) is 11.2 Å². The van der Waals surface area contributed by atoms with Gasteiger partial charge in [-0.1, -0.05) is 12.6 Å². The summed E-state index contributed by atoms with van der Waals surface area (Å²) >= 11 is 0. The van der Waals surface area contributed by atoms with Crippen molar-refractivity contribution in [1.29, 1.82) is 0 Å². The van der Waals surface area contributed by atoms with Gasteiger partial charge in [-0.15, -0.1) is 6.58 Å². The summed E-state index contributed by atoms with van der Waals surface area (Å²) in [5, 5.41) is 9.14. The molecule has 1 N–H and O–H groups in total. The molecule has 8 nitrogen and oxygen atoms in total. The first kappa shape index (κ1) is 36.4. The second-order valence-electron chi connectivity index (χ2n) is 12.5. The minimum Gasteiger partial charge on any atom is -0.512 e. The lowest BCUT2D eigenvalue weighted by Crippen LogP contribution is -2.63. The molecule has 0 rings (SSSR count). The quantitative estimate of drug-likeness (QED) is 0.153. The van der Waals surface area contributed by atoms with Gasteiger partial charge in [0.05, 0.1) is 0 Å². The molecule has 16 heteroatoms. The molecule has 0 aromatic rings. The van der Waals surface area contributed by atoms with Crippen molar-refractivity contribution in [2.45, 2.75) is 96.2 Å². The van der Waals surface area contributed by atoms with Gasteiger partial charge in [-0.25, -0.2) is 0 Å². The summed E-state index contributed by atoms with van der Waals surface area (Å²) in [5.74, 6) is 0. The Kier molecular flexibility index (Phi) is 14.9. The standard InChI is InChI=1S/C20H52O8Si8/c1-14-34(11,25-32(6,7)8)27-36(13,18-23-16-15-21)28-35(12,26-33(9,10)19-29-22)17-20(2)30-24-31(3,4)5/h14-16,20-21,29H,1,17-19,30H2,2-13H3/b16-15+. The molecule has 4 atom stereocenters. The molecule has 0 aliphatic carbocycles. The average Bonchev–Trinajstić information content (AvgIpc) is 2.63. The molecule has 0 spiro atoms. The Hall–Kier alpha value is 0.415. The van der Waals surface area contributed by atoms with E-state index in [1.165, 1.54) is 6.26 Å². The summed E-state index contributed by atoms with van der Waals surface area (Å²) in [6, 6.07) is 0.775. The Balaban J connectivity index is 6.24. The molecule has 0 aromatic carbocycles. The number of ether oxygens (including phenoxy) is 1. The van der Waals surface area contributed by atoms with Crippen molar-refractivity contribution in [3.05, 3.63) is 24.8 Å². The maximum atomic E-state index is 11.6. The van der Waals surface area contributed by atoms with Crippen LogP contribution in [0.3, 0.4) is 0 Å². The molecule has 0 radical (unpaired) electrons. The molecule has 0 bridgehead atoms. The Bertz CT molecular complexity index is 729. The first-order chi connectivity index (χ1) is 16.1. The van der Waals surface area contributed by atoms with Gasteiger partial charge in [0.25, 0.3) is 9.41 Å². The molecule has 36 heavy (non-hydrogen) atoms. The fourth-order valence-corrected chi connectivity index (χ4v) is 33.5. The lowest BCUT2D eigenvalue weighted by Gasteiger charge is -2.44. The summed E-state index contributed by atoms with van der Waals surface area (Å²) in [7, 11) is -16.1. The van der Waals surface area contributed by atoms with Crippen LogP contribution in [0.25, 0.3) is 0 Å².